The molecule has 2 amide bonds. The van der Waals surface area contributed by atoms with Gasteiger partial charge in [0.05, 0.1) is 12.2 Å². The van der Waals surface area contributed by atoms with Crippen molar-refractivity contribution in [1.29, 1.82) is 0 Å². The van der Waals surface area contributed by atoms with Gasteiger partial charge in [0.2, 0.25) is 0 Å². The lowest BCUT2D eigenvalue weighted by Crippen LogP contribution is -2.63. The number of aliphatic hydroxyl groups excluding tert-OH is 1. The molecule has 138 valence electrons. The maximum atomic E-state index is 12.5. The van der Waals surface area contributed by atoms with Gasteiger partial charge in [-0.05, 0) is 43.9 Å². The number of carbonyl (C=O) groups excluding carboxylic acids is 1. The Labute approximate surface area is 150 Å². The molecule has 0 radical (unpaired) electrons. The van der Waals surface area contributed by atoms with Crippen LogP contribution in [0.3, 0.4) is 0 Å². The maximum absolute atomic E-state index is 12.5. The summed E-state index contributed by atoms with van der Waals surface area (Å²) in [6.45, 7) is 6.17. The number of ether oxygens (including phenoxy) is 1. The van der Waals surface area contributed by atoms with Gasteiger partial charge in [-0.1, -0.05) is 25.5 Å². The fourth-order valence-electron chi connectivity index (χ4n) is 4.19. The highest BCUT2D eigenvalue weighted by Crippen LogP contribution is 2.50. The van der Waals surface area contributed by atoms with Crippen LogP contribution in [0.1, 0.15) is 45.1 Å². The normalized spacial score (nSPS) is 24.8. The molecule has 3 rings (SSSR count). The Morgan fingerprint density at radius 3 is 2.52 bits per heavy atom. The van der Waals surface area contributed by atoms with Crippen LogP contribution in [0.25, 0.3) is 0 Å². The van der Waals surface area contributed by atoms with Gasteiger partial charge in [0, 0.05) is 37.2 Å². The maximum Gasteiger partial charge on any atom is 0.321 e. The first kappa shape index (κ1) is 18.2. The summed E-state index contributed by atoms with van der Waals surface area (Å²) in [5.41, 5.74) is 1.98. The smallest absolute Gasteiger partial charge is 0.321 e. The van der Waals surface area contributed by atoms with Crippen molar-refractivity contribution in [3.63, 3.8) is 0 Å². The van der Waals surface area contributed by atoms with Crippen LogP contribution in [0, 0.1) is 5.41 Å². The third-order valence-electron chi connectivity index (χ3n) is 5.84. The minimum absolute atomic E-state index is 0.0557. The van der Waals surface area contributed by atoms with Crippen LogP contribution in [0.4, 0.5) is 10.5 Å². The van der Waals surface area contributed by atoms with Gasteiger partial charge in [0.25, 0.3) is 0 Å². The van der Waals surface area contributed by atoms with Gasteiger partial charge in [0.1, 0.15) is 0 Å². The number of hydrogen-bond acceptors (Lipinski definition) is 3. The average Bonchev–Trinajstić information content (AvgIpc) is 2.63. The number of anilines is 1. The molecule has 1 saturated heterocycles. The Balaban J connectivity index is 1.53. The summed E-state index contributed by atoms with van der Waals surface area (Å²) in [5, 5.41) is 13.2. The van der Waals surface area contributed by atoms with E-state index in [9.17, 15) is 9.90 Å². The quantitative estimate of drug-likeness (QED) is 0.859. The Morgan fingerprint density at radius 1 is 1.28 bits per heavy atom. The Bertz CT molecular complexity index is 577. The van der Waals surface area contributed by atoms with Crippen molar-refractivity contribution in [2.75, 3.05) is 25.0 Å². The number of hydrogen-bond donors (Lipinski definition) is 2. The lowest BCUT2D eigenvalue weighted by Gasteiger charge is -2.56. The first-order valence-corrected chi connectivity index (χ1v) is 9.53. The highest BCUT2D eigenvalue weighted by Gasteiger charge is 2.56. The number of rotatable bonds is 5. The standard InChI is InChI=1S/C20H30N2O3/c1-3-5-15-6-8-16(9-7-15)21-19(24)22-12-10-20(11-13-22)17(23)14-18(20)25-4-2/h6-9,17-18,23H,3-5,10-14H2,1-2H3,(H,21,24). The lowest BCUT2D eigenvalue weighted by molar-refractivity contribution is -0.207. The lowest BCUT2D eigenvalue weighted by atomic mass is 9.58. The summed E-state index contributed by atoms with van der Waals surface area (Å²) in [6.07, 6.45) is 4.37. The molecule has 2 fully saturated rings. The summed E-state index contributed by atoms with van der Waals surface area (Å²) in [4.78, 5) is 14.4. The summed E-state index contributed by atoms with van der Waals surface area (Å²) in [6, 6.07) is 8.02. The minimum atomic E-state index is -0.291. The van der Waals surface area contributed by atoms with Gasteiger partial charge in [-0.2, -0.15) is 0 Å². The molecule has 1 aliphatic heterocycles. The first-order valence-electron chi connectivity index (χ1n) is 9.53. The molecule has 2 atom stereocenters. The van der Waals surface area contributed by atoms with Gasteiger partial charge in [-0.25, -0.2) is 4.79 Å². The number of benzene rings is 1. The molecular weight excluding hydrogens is 316 g/mol. The Kier molecular flexibility index (Phi) is 5.64. The molecule has 0 bridgehead atoms. The van der Waals surface area contributed by atoms with Crippen molar-refractivity contribution in [2.45, 2.75) is 58.2 Å². The number of piperidine rings is 1. The third-order valence-corrected chi connectivity index (χ3v) is 5.84. The van der Waals surface area contributed by atoms with Crippen molar-refractivity contribution in [1.82, 2.24) is 4.90 Å². The molecule has 0 aromatic heterocycles. The zero-order valence-corrected chi connectivity index (χ0v) is 15.3. The number of nitrogens with zero attached hydrogens (tertiary/aromatic N) is 1. The molecule has 25 heavy (non-hydrogen) atoms. The molecule has 5 heteroatoms. The van der Waals surface area contributed by atoms with E-state index in [1.54, 1.807) is 0 Å². The molecular formula is C20H30N2O3. The van der Waals surface area contributed by atoms with Crippen LogP contribution in [0.15, 0.2) is 24.3 Å². The second kappa shape index (κ2) is 7.75. The molecule has 1 aromatic carbocycles. The number of aryl methyl sites for hydroxylation is 1. The van der Waals surface area contributed by atoms with Crippen molar-refractivity contribution in [3.8, 4) is 0 Å². The van der Waals surface area contributed by atoms with E-state index >= 15 is 0 Å². The molecule has 2 aliphatic rings. The molecule has 2 unspecified atom stereocenters. The third kappa shape index (κ3) is 3.67. The second-order valence-electron chi connectivity index (χ2n) is 7.29. The summed E-state index contributed by atoms with van der Waals surface area (Å²) in [7, 11) is 0. The van der Waals surface area contributed by atoms with Gasteiger partial charge in [-0.3, -0.25) is 0 Å². The zero-order valence-electron chi connectivity index (χ0n) is 15.3. The Hall–Kier alpha value is -1.59. The summed E-state index contributed by atoms with van der Waals surface area (Å²) in [5.74, 6) is 0. The fraction of sp³-hybridized carbons (Fsp3) is 0.650. The topological polar surface area (TPSA) is 61.8 Å². The predicted octanol–water partition coefficient (Wildman–Crippen LogP) is 3.42. The van der Waals surface area contributed by atoms with Crippen LogP contribution >= 0.6 is 0 Å². The molecule has 1 saturated carbocycles. The van der Waals surface area contributed by atoms with E-state index in [-0.39, 0.29) is 23.7 Å². The van der Waals surface area contributed by atoms with E-state index < -0.39 is 0 Å². The van der Waals surface area contributed by atoms with Gasteiger partial charge in [-0.15, -0.1) is 0 Å². The second-order valence-corrected chi connectivity index (χ2v) is 7.29. The van der Waals surface area contributed by atoms with E-state index in [2.05, 4.69) is 24.4 Å². The van der Waals surface area contributed by atoms with Crippen LogP contribution in [0.2, 0.25) is 0 Å². The van der Waals surface area contributed by atoms with E-state index in [0.717, 1.165) is 37.8 Å². The van der Waals surface area contributed by atoms with Crippen LogP contribution in [-0.4, -0.2) is 47.9 Å². The van der Waals surface area contributed by atoms with Crippen LogP contribution in [0.5, 0.6) is 0 Å². The van der Waals surface area contributed by atoms with Crippen molar-refractivity contribution < 1.29 is 14.6 Å². The number of urea groups is 1. The first-order chi connectivity index (χ1) is 12.1. The van der Waals surface area contributed by atoms with Crippen LogP contribution in [-0.2, 0) is 11.2 Å². The summed E-state index contributed by atoms with van der Waals surface area (Å²) < 4.78 is 5.78. The highest BCUT2D eigenvalue weighted by atomic mass is 16.5. The minimum Gasteiger partial charge on any atom is -0.392 e. The van der Waals surface area contributed by atoms with Crippen LogP contribution < -0.4 is 5.32 Å². The van der Waals surface area contributed by atoms with Crippen molar-refractivity contribution in [2.24, 2.45) is 5.41 Å². The molecule has 2 N–H and O–H groups in total. The largest absolute Gasteiger partial charge is 0.392 e. The van der Waals surface area contributed by atoms with E-state index in [0.29, 0.717) is 19.7 Å². The monoisotopic (exact) mass is 346 g/mol. The van der Waals surface area contributed by atoms with E-state index in [1.807, 2.05) is 24.0 Å². The zero-order chi connectivity index (χ0) is 17.9. The highest BCUT2D eigenvalue weighted by molar-refractivity contribution is 5.89. The fourth-order valence-corrected chi connectivity index (χ4v) is 4.19. The average molecular weight is 346 g/mol. The van der Waals surface area contributed by atoms with Gasteiger partial charge in [0.15, 0.2) is 0 Å². The molecule has 5 nitrogen and oxygen atoms in total. The number of amides is 2. The molecule has 1 aromatic rings. The molecule has 1 heterocycles. The number of aliphatic hydroxyl groups is 1. The Morgan fingerprint density at radius 2 is 1.96 bits per heavy atom. The summed E-state index contributed by atoms with van der Waals surface area (Å²) >= 11 is 0. The van der Waals surface area contributed by atoms with E-state index in [4.69, 9.17) is 4.74 Å². The van der Waals surface area contributed by atoms with Crippen molar-refractivity contribution >= 4 is 11.7 Å². The molecule has 1 aliphatic carbocycles. The number of likely N-dealkylation sites (tertiary alicyclic amines) is 1. The van der Waals surface area contributed by atoms with Gasteiger partial charge < -0.3 is 20.1 Å². The number of carbonyl (C=O) groups is 1. The van der Waals surface area contributed by atoms with Gasteiger partial charge >= 0.3 is 6.03 Å². The van der Waals surface area contributed by atoms with Crippen molar-refractivity contribution in [3.05, 3.63) is 29.8 Å². The predicted molar refractivity (Wildman–Crippen MR) is 98.7 cm³/mol. The SMILES string of the molecule is CCCc1ccc(NC(=O)N2CCC3(CC2)C(O)CC3OCC)cc1. The number of nitrogens with one attached hydrogen (secondary N) is 1. The molecule has 1 spiro atoms. The van der Waals surface area contributed by atoms with E-state index in [1.165, 1.54) is 5.56 Å².